The predicted molar refractivity (Wildman–Crippen MR) is 97.5 cm³/mol. The van der Waals surface area contributed by atoms with Crippen molar-refractivity contribution in [2.24, 2.45) is 11.7 Å². The summed E-state index contributed by atoms with van der Waals surface area (Å²) in [5.41, 5.74) is 6.70. The highest BCUT2D eigenvalue weighted by Crippen LogP contribution is 2.47. The van der Waals surface area contributed by atoms with Crippen molar-refractivity contribution in [2.45, 2.75) is 51.4 Å². The smallest absolute Gasteiger partial charge is 0.251 e. The van der Waals surface area contributed by atoms with Crippen LogP contribution in [0.2, 0.25) is 0 Å². The summed E-state index contributed by atoms with van der Waals surface area (Å²) >= 11 is 0. The third-order valence-corrected chi connectivity index (χ3v) is 6.07. The molecule has 4 rings (SSSR count). The Bertz CT molecular complexity index is 693. The quantitative estimate of drug-likeness (QED) is 0.893. The highest BCUT2D eigenvalue weighted by Gasteiger charge is 2.46. The Morgan fingerprint density at radius 1 is 1.27 bits per heavy atom. The van der Waals surface area contributed by atoms with Crippen LogP contribution in [0.15, 0.2) is 12.1 Å². The van der Waals surface area contributed by atoms with E-state index in [0.29, 0.717) is 29.1 Å². The van der Waals surface area contributed by atoms with E-state index >= 15 is 0 Å². The largest absolute Gasteiger partial charge is 0.448 e. The molecular formula is C20H28N2O4. The summed E-state index contributed by atoms with van der Waals surface area (Å²) in [6.07, 6.45) is 4.82. The normalized spacial score (nSPS) is 29.2. The van der Waals surface area contributed by atoms with Crippen LogP contribution < -0.4 is 15.2 Å². The van der Waals surface area contributed by atoms with Gasteiger partial charge in [0.1, 0.15) is 0 Å². The molecule has 2 saturated heterocycles. The summed E-state index contributed by atoms with van der Waals surface area (Å²) in [6.45, 7) is 7.89. The number of piperidine rings is 1. The highest BCUT2D eigenvalue weighted by molar-refractivity contribution is 5.95. The second kappa shape index (κ2) is 6.74. The molecule has 1 aromatic carbocycles. The van der Waals surface area contributed by atoms with Crippen LogP contribution in [0, 0.1) is 12.8 Å². The number of amides is 1. The van der Waals surface area contributed by atoms with E-state index in [1.807, 2.05) is 13.8 Å². The van der Waals surface area contributed by atoms with Gasteiger partial charge in [0, 0.05) is 37.1 Å². The summed E-state index contributed by atoms with van der Waals surface area (Å²) in [5, 5.41) is 0. The van der Waals surface area contributed by atoms with Crippen molar-refractivity contribution in [2.75, 3.05) is 26.2 Å². The van der Waals surface area contributed by atoms with Crippen LogP contribution in [0.25, 0.3) is 0 Å². The zero-order valence-electron chi connectivity index (χ0n) is 15.6. The molecule has 3 heterocycles. The van der Waals surface area contributed by atoms with Crippen LogP contribution >= 0.6 is 0 Å². The van der Waals surface area contributed by atoms with Gasteiger partial charge < -0.3 is 24.8 Å². The number of hydrogen-bond acceptors (Lipinski definition) is 5. The fraction of sp³-hybridized carbons (Fsp3) is 0.650. The van der Waals surface area contributed by atoms with Crippen molar-refractivity contribution in [3.63, 3.8) is 0 Å². The molecule has 1 amide bonds. The van der Waals surface area contributed by atoms with Gasteiger partial charge in [-0.05, 0) is 57.8 Å². The number of likely N-dealkylation sites (tertiary alicyclic amines) is 1. The van der Waals surface area contributed by atoms with E-state index < -0.39 is 11.7 Å². The minimum absolute atomic E-state index is 0.312. The highest BCUT2D eigenvalue weighted by atomic mass is 16.7. The summed E-state index contributed by atoms with van der Waals surface area (Å²) in [7, 11) is 0. The lowest BCUT2D eigenvalue weighted by Crippen LogP contribution is -2.49. The van der Waals surface area contributed by atoms with Gasteiger partial charge in [-0.15, -0.1) is 0 Å². The zero-order chi connectivity index (χ0) is 18.3. The van der Waals surface area contributed by atoms with Crippen LogP contribution in [0.4, 0.5) is 0 Å². The molecule has 0 saturated carbocycles. The molecule has 2 atom stereocenters. The number of nitrogens with two attached hydrogens (primary N) is 1. The van der Waals surface area contributed by atoms with E-state index in [1.165, 1.54) is 12.8 Å². The van der Waals surface area contributed by atoms with E-state index in [2.05, 4.69) is 4.90 Å². The topological polar surface area (TPSA) is 74.0 Å². The first-order valence-electron chi connectivity index (χ1n) is 9.61. The molecule has 3 aliphatic rings. The number of fused-ring (bicyclic) bond motifs is 1. The van der Waals surface area contributed by atoms with E-state index in [4.69, 9.17) is 19.9 Å². The number of benzene rings is 1. The SMILES string of the molecule is Cc1c(C(N)=O)ccc2c1OC(C)(C1CCN(CC3CCCO3)CC1)O2. The van der Waals surface area contributed by atoms with Crippen molar-refractivity contribution in [3.8, 4) is 11.5 Å². The summed E-state index contributed by atoms with van der Waals surface area (Å²) in [6, 6.07) is 3.51. The van der Waals surface area contributed by atoms with Gasteiger partial charge in [-0.1, -0.05) is 0 Å². The van der Waals surface area contributed by atoms with Crippen LogP contribution in [0.1, 0.15) is 48.5 Å². The Morgan fingerprint density at radius 2 is 2.04 bits per heavy atom. The fourth-order valence-electron chi connectivity index (χ4n) is 4.47. The second-order valence-corrected chi connectivity index (χ2v) is 7.86. The number of rotatable bonds is 4. The molecule has 2 N–H and O–H groups in total. The maximum absolute atomic E-state index is 11.6. The van der Waals surface area contributed by atoms with Gasteiger partial charge in [0.05, 0.1) is 6.10 Å². The fourth-order valence-corrected chi connectivity index (χ4v) is 4.47. The number of primary amides is 1. The van der Waals surface area contributed by atoms with Crippen LogP contribution in [-0.2, 0) is 4.74 Å². The van der Waals surface area contributed by atoms with Gasteiger partial charge in [-0.2, -0.15) is 0 Å². The monoisotopic (exact) mass is 360 g/mol. The van der Waals surface area contributed by atoms with Gasteiger partial charge in [0.2, 0.25) is 5.91 Å². The lowest BCUT2D eigenvalue weighted by Gasteiger charge is -2.39. The Hall–Kier alpha value is -1.79. The average Bonchev–Trinajstić information content (AvgIpc) is 3.23. The van der Waals surface area contributed by atoms with Gasteiger partial charge >= 0.3 is 0 Å². The predicted octanol–water partition coefficient (Wildman–Crippen LogP) is 2.47. The Kier molecular flexibility index (Phi) is 4.57. The Morgan fingerprint density at radius 3 is 2.69 bits per heavy atom. The second-order valence-electron chi connectivity index (χ2n) is 7.86. The van der Waals surface area contributed by atoms with E-state index in [9.17, 15) is 4.79 Å². The molecule has 2 fully saturated rings. The van der Waals surface area contributed by atoms with Crippen LogP contribution in [-0.4, -0.2) is 48.9 Å². The lowest BCUT2D eigenvalue weighted by molar-refractivity contribution is -0.126. The first-order chi connectivity index (χ1) is 12.5. The zero-order valence-corrected chi connectivity index (χ0v) is 15.6. The van der Waals surface area contributed by atoms with Crippen LogP contribution in [0.3, 0.4) is 0 Å². The summed E-state index contributed by atoms with van der Waals surface area (Å²) in [4.78, 5) is 14.1. The van der Waals surface area contributed by atoms with Crippen molar-refractivity contribution >= 4 is 5.91 Å². The summed E-state index contributed by atoms with van der Waals surface area (Å²) in [5.74, 6) is 0.554. The molecule has 6 nitrogen and oxygen atoms in total. The molecule has 0 bridgehead atoms. The van der Waals surface area contributed by atoms with Crippen LogP contribution in [0.5, 0.6) is 11.5 Å². The van der Waals surface area contributed by atoms with E-state index in [0.717, 1.165) is 44.6 Å². The minimum atomic E-state index is -0.681. The number of hydrogen-bond donors (Lipinski definition) is 1. The van der Waals surface area contributed by atoms with Crippen molar-refractivity contribution in [1.29, 1.82) is 0 Å². The first kappa shape index (κ1) is 17.6. The molecule has 2 unspecified atom stereocenters. The molecule has 142 valence electrons. The molecule has 0 spiro atoms. The molecule has 0 radical (unpaired) electrons. The lowest BCUT2D eigenvalue weighted by atomic mass is 9.89. The van der Waals surface area contributed by atoms with Crippen molar-refractivity contribution in [3.05, 3.63) is 23.3 Å². The Balaban J connectivity index is 1.41. The molecule has 0 aromatic heterocycles. The first-order valence-corrected chi connectivity index (χ1v) is 9.61. The average molecular weight is 360 g/mol. The molecular weight excluding hydrogens is 332 g/mol. The number of nitrogens with zero attached hydrogens (tertiary/aromatic N) is 1. The van der Waals surface area contributed by atoms with E-state index in [1.54, 1.807) is 12.1 Å². The summed E-state index contributed by atoms with van der Waals surface area (Å²) < 4.78 is 18.2. The van der Waals surface area contributed by atoms with E-state index in [-0.39, 0.29) is 0 Å². The molecule has 6 heteroatoms. The number of ether oxygens (including phenoxy) is 3. The van der Waals surface area contributed by atoms with Gasteiger partial charge in [0.25, 0.3) is 5.79 Å². The van der Waals surface area contributed by atoms with Gasteiger partial charge in [-0.25, -0.2) is 0 Å². The third kappa shape index (κ3) is 3.16. The van der Waals surface area contributed by atoms with Gasteiger partial charge in [-0.3, -0.25) is 4.79 Å². The third-order valence-electron chi connectivity index (χ3n) is 6.07. The molecule has 3 aliphatic heterocycles. The number of carbonyl (C=O) groups excluding carboxylic acids is 1. The van der Waals surface area contributed by atoms with Crippen molar-refractivity contribution < 1.29 is 19.0 Å². The minimum Gasteiger partial charge on any atom is -0.448 e. The molecule has 0 aliphatic carbocycles. The van der Waals surface area contributed by atoms with Crippen molar-refractivity contribution in [1.82, 2.24) is 4.90 Å². The van der Waals surface area contributed by atoms with Gasteiger partial charge in [0.15, 0.2) is 11.5 Å². The molecule has 26 heavy (non-hydrogen) atoms. The molecule has 1 aromatic rings. The Labute approximate surface area is 154 Å². The maximum Gasteiger partial charge on any atom is 0.251 e. The standard InChI is InChI=1S/C20H28N2O4/c1-13-16(19(21)23)5-6-17-18(13)26-20(2,25-17)14-7-9-22(10-8-14)12-15-4-3-11-24-15/h5-6,14-15H,3-4,7-12H2,1-2H3,(H2,21,23). The maximum atomic E-state index is 11.6. The number of carbonyl (C=O) groups is 1.